The molecular formula is C14H22ClNO. The Morgan fingerprint density at radius 2 is 2.12 bits per heavy atom. The van der Waals surface area contributed by atoms with Crippen molar-refractivity contribution in [2.75, 3.05) is 19.8 Å². The van der Waals surface area contributed by atoms with E-state index in [0.717, 1.165) is 37.7 Å². The average Bonchev–Trinajstić information content (AvgIpc) is 2.30. The van der Waals surface area contributed by atoms with E-state index in [1.54, 1.807) is 0 Å². The molecule has 0 spiro atoms. The zero-order valence-corrected chi connectivity index (χ0v) is 11.5. The highest BCUT2D eigenvalue weighted by Gasteiger charge is 1.98. The molecule has 1 N–H and O–H groups in total. The molecule has 0 unspecified atom stereocenters. The number of rotatable bonds is 8. The van der Waals surface area contributed by atoms with Crippen LogP contribution in [0.4, 0.5) is 0 Å². The van der Waals surface area contributed by atoms with Crippen LogP contribution in [-0.4, -0.2) is 19.8 Å². The Bertz CT molecular complexity index is 328. The van der Waals surface area contributed by atoms with Crippen molar-refractivity contribution in [2.45, 2.75) is 33.2 Å². The van der Waals surface area contributed by atoms with Crippen LogP contribution in [0.15, 0.2) is 18.2 Å². The van der Waals surface area contributed by atoms with Gasteiger partial charge in [-0.25, -0.2) is 0 Å². The molecule has 0 fully saturated rings. The molecule has 1 aromatic carbocycles. The maximum atomic E-state index is 5.91. The molecule has 3 heteroatoms. The van der Waals surface area contributed by atoms with Crippen LogP contribution in [0.1, 0.15) is 30.9 Å². The predicted molar refractivity (Wildman–Crippen MR) is 73.6 cm³/mol. The number of nitrogens with one attached hydrogen (secondary N) is 1. The molecule has 0 saturated heterocycles. The molecule has 1 aromatic rings. The minimum atomic E-state index is 0.784. The zero-order valence-electron chi connectivity index (χ0n) is 10.8. The highest BCUT2D eigenvalue weighted by Crippen LogP contribution is 2.14. The van der Waals surface area contributed by atoms with E-state index in [2.05, 4.69) is 25.2 Å². The second kappa shape index (κ2) is 8.51. The summed E-state index contributed by atoms with van der Waals surface area (Å²) in [5.74, 6) is 0. The lowest BCUT2D eigenvalue weighted by Gasteiger charge is -2.08. The predicted octanol–water partition coefficient (Wildman–Crippen LogP) is 3.55. The van der Waals surface area contributed by atoms with Gasteiger partial charge in [-0.2, -0.15) is 0 Å². The summed E-state index contributed by atoms with van der Waals surface area (Å²) < 4.78 is 5.48. The van der Waals surface area contributed by atoms with Crippen LogP contribution in [0.25, 0.3) is 0 Å². The van der Waals surface area contributed by atoms with E-state index in [9.17, 15) is 0 Å². The summed E-state index contributed by atoms with van der Waals surface area (Å²) in [6, 6.07) is 6.00. The van der Waals surface area contributed by atoms with Gasteiger partial charge < -0.3 is 10.1 Å². The van der Waals surface area contributed by atoms with Crippen molar-refractivity contribution < 1.29 is 4.74 Å². The summed E-state index contributed by atoms with van der Waals surface area (Å²) in [6.07, 6.45) is 2.34. The van der Waals surface area contributed by atoms with Crippen LogP contribution in [-0.2, 0) is 11.3 Å². The molecule has 0 aliphatic carbocycles. The normalized spacial score (nSPS) is 10.8. The molecule has 1 rings (SSSR count). The lowest BCUT2D eigenvalue weighted by molar-refractivity contribution is 0.133. The smallest absolute Gasteiger partial charge is 0.0591 e. The van der Waals surface area contributed by atoms with Gasteiger partial charge in [-0.15, -0.1) is 0 Å². The number of hydrogen-bond donors (Lipinski definition) is 1. The monoisotopic (exact) mass is 255 g/mol. The SMILES string of the molecule is CCCCOCCNCc1ccc(Cl)cc1C. The fourth-order valence-electron chi connectivity index (χ4n) is 1.57. The van der Waals surface area contributed by atoms with Crippen molar-refractivity contribution in [1.82, 2.24) is 5.32 Å². The van der Waals surface area contributed by atoms with Gasteiger partial charge >= 0.3 is 0 Å². The first kappa shape index (κ1) is 14.5. The Morgan fingerprint density at radius 1 is 1.29 bits per heavy atom. The van der Waals surface area contributed by atoms with Gasteiger partial charge in [0.1, 0.15) is 0 Å². The van der Waals surface area contributed by atoms with Gasteiger partial charge in [0.2, 0.25) is 0 Å². The number of ether oxygens (including phenoxy) is 1. The van der Waals surface area contributed by atoms with Gasteiger partial charge in [-0.05, 0) is 36.6 Å². The van der Waals surface area contributed by atoms with Crippen LogP contribution >= 0.6 is 11.6 Å². The second-order valence-electron chi connectivity index (χ2n) is 4.21. The van der Waals surface area contributed by atoms with E-state index in [4.69, 9.17) is 16.3 Å². The lowest BCUT2D eigenvalue weighted by atomic mass is 10.1. The third-order valence-electron chi connectivity index (χ3n) is 2.69. The summed E-state index contributed by atoms with van der Waals surface area (Å²) in [4.78, 5) is 0. The van der Waals surface area contributed by atoms with E-state index < -0.39 is 0 Å². The van der Waals surface area contributed by atoms with E-state index in [0.29, 0.717) is 0 Å². The molecule has 17 heavy (non-hydrogen) atoms. The van der Waals surface area contributed by atoms with Crippen molar-refractivity contribution in [1.29, 1.82) is 0 Å². The Morgan fingerprint density at radius 3 is 2.82 bits per heavy atom. The number of benzene rings is 1. The van der Waals surface area contributed by atoms with E-state index in [-0.39, 0.29) is 0 Å². The Labute approximate surface area is 109 Å². The van der Waals surface area contributed by atoms with Gasteiger partial charge in [0.25, 0.3) is 0 Å². The molecule has 96 valence electrons. The van der Waals surface area contributed by atoms with Crippen LogP contribution in [0.3, 0.4) is 0 Å². The third kappa shape index (κ3) is 6.06. The topological polar surface area (TPSA) is 21.3 Å². The molecule has 0 aliphatic heterocycles. The second-order valence-corrected chi connectivity index (χ2v) is 4.65. The van der Waals surface area contributed by atoms with Gasteiger partial charge in [0, 0.05) is 24.7 Å². The maximum absolute atomic E-state index is 5.91. The molecule has 0 heterocycles. The molecular weight excluding hydrogens is 234 g/mol. The van der Waals surface area contributed by atoms with Gasteiger partial charge in [0.15, 0.2) is 0 Å². The van der Waals surface area contributed by atoms with Gasteiger partial charge in [-0.1, -0.05) is 31.0 Å². The summed E-state index contributed by atoms with van der Waals surface area (Å²) in [5, 5.41) is 4.17. The van der Waals surface area contributed by atoms with Crippen molar-refractivity contribution >= 4 is 11.6 Å². The van der Waals surface area contributed by atoms with E-state index in [1.807, 2.05) is 12.1 Å². The van der Waals surface area contributed by atoms with Crippen LogP contribution < -0.4 is 5.32 Å². The number of unbranched alkanes of at least 4 members (excludes halogenated alkanes) is 1. The third-order valence-corrected chi connectivity index (χ3v) is 2.92. The minimum Gasteiger partial charge on any atom is -0.380 e. The molecule has 0 atom stereocenters. The first-order valence-electron chi connectivity index (χ1n) is 6.27. The fourth-order valence-corrected chi connectivity index (χ4v) is 1.80. The van der Waals surface area contributed by atoms with Crippen molar-refractivity contribution in [3.63, 3.8) is 0 Å². The summed E-state index contributed by atoms with van der Waals surface area (Å²) >= 11 is 5.91. The van der Waals surface area contributed by atoms with Crippen LogP contribution in [0, 0.1) is 6.92 Å². The molecule has 0 amide bonds. The number of aryl methyl sites for hydroxylation is 1. The van der Waals surface area contributed by atoms with Crippen molar-refractivity contribution in [2.24, 2.45) is 0 Å². The molecule has 0 aromatic heterocycles. The molecule has 0 saturated carbocycles. The van der Waals surface area contributed by atoms with Gasteiger partial charge in [-0.3, -0.25) is 0 Å². The lowest BCUT2D eigenvalue weighted by Crippen LogP contribution is -2.20. The van der Waals surface area contributed by atoms with Crippen molar-refractivity contribution in [3.05, 3.63) is 34.3 Å². The highest BCUT2D eigenvalue weighted by molar-refractivity contribution is 6.30. The first-order chi connectivity index (χ1) is 8.24. The Kier molecular flexibility index (Phi) is 7.25. The summed E-state index contributed by atoms with van der Waals surface area (Å²) in [5.41, 5.74) is 2.53. The summed E-state index contributed by atoms with van der Waals surface area (Å²) in [6.45, 7) is 7.68. The Balaban J connectivity index is 2.14. The van der Waals surface area contributed by atoms with E-state index in [1.165, 1.54) is 17.5 Å². The maximum Gasteiger partial charge on any atom is 0.0591 e. The molecule has 0 radical (unpaired) electrons. The standard InChI is InChI=1S/C14H22ClNO/c1-3-4-8-17-9-7-16-11-13-5-6-14(15)10-12(13)2/h5-6,10,16H,3-4,7-9,11H2,1-2H3. The molecule has 0 aliphatic rings. The van der Waals surface area contributed by atoms with Crippen molar-refractivity contribution in [3.8, 4) is 0 Å². The average molecular weight is 256 g/mol. The fraction of sp³-hybridized carbons (Fsp3) is 0.571. The molecule has 0 bridgehead atoms. The number of halogens is 1. The van der Waals surface area contributed by atoms with Gasteiger partial charge in [0.05, 0.1) is 6.61 Å². The van der Waals surface area contributed by atoms with Crippen LogP contribution in [0.5, 0.6) is 0 Å². The Hall–Kier alpha value is -0.570. The number of hydrogen-bond acceptors (Lipinski definition) is 2. The summed E-state index contributed by atoms with van der Waals surface area (Å²) in [7, 11) is 0. The largest absolute Gasteiger partial charge is 0.380 e. The zero-order chi connectivity index (χ0) is 12.5. The quantitative estimate of drug-likeness (QED) is 0.718. The molecule has 2 nitrogen and oxygen atoms in total. The minimum absolute atomic E-state index is 0.784. The van der Waals surface area contributed by atoms with Crippen LogP contribution in [0.2, 0.25) is 5.02 Å². The van der Waals surface area contributed by atoms with E-state index >= 15 is 0 Å². The highest BCUT2D eigenvalue weighted by atomic mass is 35.5. The first-order valence-corrected chi connectivity index (χ1v) is 6.65.